The van der Waals surface area contributed by atoms with E-state index in [0.717, 1.165) is 47.2 Å². The van der Waals surface area contributed by atoms with Crippen LogP contribution in [0.25, 0.3) is 22.3 Å². The van der Waals surface area contributed by atoms with Gasteiger partial charge in [0, 0.05) is 30.9 Å². The predicted molar refractivity (Wildman–Crippen MR) is 138 cm³/mol. The molecule has 38 heavy (non-hydrogen) atoms. The van der Waals surface area contributed by atoms with Gasteiger partial charge in [-0.15, -0.1) is 13.2 Å². The Balaban J connectivity index is 1.53. The Morgan fingerprint density at radius 1 is 0.868 bits per heavy atom. The summed E-state index contributed by atoms with van der Waals surface area (Å²) in [4.78, 5) is 12.0. The Morgan fingerprint density at radius 3 is 2.21 bits per heavy atom. The number of hydrogen-bond donors (Lipinski definition) is 0. The van der Waals surface area contributed by atoms with Crippen molar-refractivity contribution in [2.75, 3.05) is 4.31 Å². The molecule has 0 saturated heterocycles. The molecular formula is C27H22F3N5O2S. The van der Waals surface area contributed by atoms with Crippen molar-refractivity contribution >= 4 is 26.9 Å². The maximum absolute atomic E-state index is 14.2. The van der Waals surface area contributed by atoms with Crippen LogP contribution in [0.1, 0.15) is 18.3 Å². The number of aromatic nitrogens is 4. The van der Waals surface area contributed by atoms with E-state index in [2.05, 4.69) is 19.5 Å². The predicted octanol–water partition coefficient (Wildman–Crippen LogP) is 5.82. The van der Waals surface area contributed by atoms with E-state index >= 15 is 0 Å². The summed E-state index contributed by atoms with van der Waals surface area (Å²) >= 11 is 0. The number of rotatable bonds is 7. The molecule has 0 radical (unpaired) electrons. The van der Waals surface area contributed by atoms with Crippen molar-refractivity contribution in [3.05, 3.63) is 103 Å². The molecule has 11 heteroatoms. The van der Waals surface area contributed by atoms with Crippen LogP contribution in [0.15, 0.2) is 96.2 Å². The van der Waals surface area contributed by atoms with Gasteiger partial charge in [0.25, 0.3) is 10.0 Å². The fourth-order valence-corrected chi connectivity index (χ4v) is 5.62. The van der Waals surface area contributed by atoms with E-state index in [1.165, 1.54) is 24.4 Å². The summed E-state index contributed by atoms with van der Waals surface area (Å²) in [6.45, 7) is 2.53. The highest BCUT2D eigenvalue weighted by Gasteiger charge is 2.48. The van der Waals surface area contributed by atoms with Gasteiger partial charge in [-0.1, -0.05) is 61.5 Å². The normalized spacial score (nSPS) is 12.1. The topological polar surface area (TPSA) is 81.0 Å². The van der Waals surface area contributed by atoms with Gasteiger partial charge in [-0.25, -0.2) is 18.4 Å². The molecule has 5 rings (SSSR count). The maximum Gasteiger partial charge on any atom is 0.500 e. The third-order valence-corrected chi connectivity index (χ3v) is 7.73. The number of fused-ring (bicyclic) bond motifs is 1. The van der Waals surface area contributed by atoms with Crippen molar-refractivity contribution < 1.29 is 21.6 Å². The van der Waals surface area contributed by atoms with Gasteiger partial charge in [0.1, 0.15) is 11.5 Å². The molecule has 0 saturated carbocycles. The maximum atomic E-state index is 14.2. The van der Waals surface area contributed by atoms with Crippen LogP contribution >= 0.6 is 0 Å². The molecule has 194 valence electrons. The summed E-state index contributed by atoms with van der Waals surface area (Å²) in [7, 11) is -5.02. The van der Waals surface area contributed by atoms with Crippen molar-refractivity contribution in [3.63, 3.8) is 0 Å². The molecule has 0 atom stereocenters. The first kappa shape index (κ1) is 25.4. The lowest BCUT2D eigenvalue weighted by Crippen LogP contribution is -2.43. The summed E-state index contributed by atoms with van der Waals surface area (Å²) in [5.41, 5.74) is 2.84. The van der Waals surface area contributed by atoms with Crippen LogP contribution in [0.4, 0.5) is 19.0 Å². The van der Waals surface area contributed by atoms with E-state index < -0.39 is 31.3 Å². The minimum absolute atomic E-state index is 0.210. The molecule has 0 fully saturated rings. The van der Waals surface area contributed by atoms with E-state index in [9.17, 15) is 21.6 Å². The lowest BCUT2D eigenvalue weighted by Gasteiger charge is -2.26. The molecule has 0 unspecified atom stereocenters. The molecule has 5 aromatic rings. The molecule has 0 aliphatic rings. The van der Waals surface area contributed by atoms with Crippen molar-refractivity contribution in [2.24, 2.45) is 0 Å². The average Bonchev–Trinajstić information content (AvgIpc) is 3.26. The first-order valence-corrected chi connectivity index (χ1v) is 13.2. The molecule has 0 aliphatic carbocycles. The monoisotopic (exact) mass is 537 g/mol. The molecule has 0 bridgehead atoms. The summed E-state index contributed by atoms with van der Waals surface area (Å²) in [6.07, 6.45) is -2.29. The zero-order chi connectivity index (χ0) is 26.9. The summed E-state index contributed by atoms with van der Waals surface area (Å²) < 4.78 is 70.3. The van der Waals surface area contributed by atoms with Crippen LogP contribution in [0, 0.1) is 0 Å². The summed E-state index contributed by atoms with van der Waals surface area (Å²) in [5, 5.41) is 0. The summed E-state index contributed by atoms with van der Waals surface area (Å²) in [5.74, 6) is 0.0869. The van der Waals surface area contributed by atoms with Gasteiger partial charge in [0.2, 0.25) is 0 Å². The van der Waals surface area contributed by atoms with Crippen LogP contribution in [0.3, 0.4) is 0 Å². The number of anilines is 1. The molecule has 0 aliphatic heterocycles. The minimum atomic E-state index is -5.28. The fraction of sp³-hybridized carbons (Fsp3) is 0.148. The standard InChI is InChI=1S/C27H22F3N5O2S/c1-2-24-33-22-10-6-7-11-23(22)34(24)18-19-12-14-20(15-13-19)25-26(32-17-16-31-25)35(27(28,29)30)38(36,37)21-8-4-3-5-9-21/h3-17H,2,18H2,1H3. The van der Waals surface area contributed by atoms with E-state index in [1.54, 1.807) is 24.3 Å². The highest BCUT2D eigenvalue weighted by Crippen LogP contribution is 2.38. The van der Waals surface area contributed by atoms with Crippen molar-refractivity contribution in [3.8, 4) is 11.3 Å². The molecule has 2 aromatic heterocycles. The molecule has 0 amide bonds. The van der Waals surface area contributed by atoms with Crippen molar-refractivity contribution in [1.82, 2.24) is 19.5 Å². The van der Waals surface area contributed by atoms with Crippen LogP contribution in [-0.2, 0) is 23.0 Å². The third-order valence-electron chi connectivity index (χ3n) is 6.00. The zero-order valence-corrected chi connectivity index (χ0v) is 21.0. The van der Waals surface area contributed by atoms with Gasteiger partial charge in [-0.05, 0) is 29.8 Å². The van der Waals surface area contributed by atoms with Gasteiger partial charge < -0.3 is 4.57 Å². The number of hydrogen-bond acceptors (Lipinski definition) is 5. The number of para-hydroxylation sites is 2. The number of halogens is 3. The van der Waals surface area contributed by atoms with Crippen LogP contribution in [0.2, 0.25) is 0 Å². The van der Waals surface area contributed by atoms with E-state index in [-0.39, 0.29) is 5.69 Å². The Hall–Kier alpha value is -4.25. The molecule has 7 nitrogen and oxygen atoms in total. The lowest BCUT2D eigenvalue weighted by atomic mass is 10.1. The van der Waals surface area contributed by atoms with Crippen LogP contribution in [0.5, 0.6) is 0 Å². The quantitative estimate of drug-likeness (QED) is 0.245. The Kier molecular flexibility index (Phi) is 6.62. The number of nitrogens with zero attached hydrogens (tertiary/aromatic N) is 5. The van der Waals surface area contributed by atoms with Crippen LogP contribution in [-0.4, -0.2) is 34.2 Å². The number of benzene rings is 3. The van der Waals surface area contributed by atoms with E-state index in [0.29, 0.717) is 12.1 Å². The Labute approximate surface area is 217 Å². The number of aryl methyl sites for hydroxylation is 1. The van der Waals surface area contributed by atoms with Gasteiger partial charge in [-0.3, -0.25) is 4.98 Å². The molecule has 0 N–H and O–H groups in total. The Bertz CT molecular complexity index is 1690. The van der Waals surface area contributed by atoms with E-state index in [1.807, 2.05) is 31.2 Å². The Morgan fingerprint density at radius 2 is 1.53 bits per heavy atom. The van der Waals surface area contributed by atoms with Crippen LogP contribution < -0.4 is 4.31 Å². The first-order valence-electron chi connectivity index (χ1n) is 11.7. The number of imidazole rings is 1. The largest absolute Gasteiger partial charge is 0.500 e. The van der Waals surface area contributed by atoms with E-state index in [4.69, 9.17) is 0 Å². The van der Waals surface area contributed by atoms with Crippen molar-refractivity contribution in [2.45, 2.75) is 31.1 Å². The number of alkyl halides is 3. The molecular weight excluding hydrogens is 515 g/mol. The minimum Gasteiger partial charge on any atom is -0.323 e. The smallest absolute Gasteiger partial charge is 0.323 e. The number of sulfonamides is 1. The fourth-order valence-electron chi connectivity index (χ4n) is 4.27. The van der Waals surface area contributed by atoms with Gasteiger partial charge in [-0.2, -0.15) is 4.31 Å². The van der Waals surface area contributed by atoms with Gasteiger partial charge >= 0.3 is 6.30 Å². The van der Waals surface area contributed by atoms with Crippen molar-refractivity contribution in [1.29, 1.82) is 0 Å². The zero-order valence-electron chi connectivity index (χ0n) is 20.2. The summed E-state index contributed by atoms with van der Waals surface area (Å²) in [6, 6.07) is 21.0. The van der Waals surface area contributed by atoms with Gasteiger partial charge in [0.05, 0.1) is 15.9 Å². The molecule has 0 spiro atoms. The second-order valence-electron chi connectivity index (χ2n) is 8.43. The third kappa shape index (κ3) is 4.72. The second-order valence-corrected chi connectivity index (χ2v) is 10.2. The second kappa shape index (κ2) is 9.90. The highest BCUT2D eigenvalue weighted by molar-refractivity contribution is 7.92. The first-order chi connectivity index (χ1) is 18.2. The lowest BCUT2D eigenvalue weighted by molar-refractivity contribution is -0.116. The average molecular weight is 538 g/mol. The molecule has 2 heterocycles. The highest BCUT2D eigenvalue weighted by atomic mass is 32.2. The molecule has 3 aromatic carbocycles. The van der Waals surface area contributed by atoms with Gasteiger partial charge in [0.15, 0.2) is 5.82 Å². The SMILES string of the molecule is CCc1nc2ccccc2n1Cc1ccc(-c2nccnc2N(C(F)(F)F)S(=O)(=O)c2ccccc2)cc1.